The fourth-order valence-electron chi connectivity index (χ4n) is 4.51. The van der Waals surface area contributed by atoms with E-state index >= 15 is 0 Å². The highest BCUT2D eigenvalue weighted by atomic mass is 35.5. The number of aromatic amines is 1. The molecule has 4 aromatic rings. The van der Waals surface area contributed by atoms with E-state index in [4.69, 9.17) is 21.3 Å². The van der Waals surface area contributed by atoms with Gasteiger partial charge in [-0.25, -0.2) is 9.97 Å². The maximum absolute atomic E-state index is 6.60. The first-order valence-electron chi connectivity index (χ1n) is 10.4. The van der Waals surface area contributed by atoms with Crippen molar-refractivity contribution in [2.24, 2.45) is 0 Å². The van der Waals surface area contributed by atoms with Crippen LogP contribution in [0.4, 0.5) is 5.69 Å². The lowest BCUT2D eigenvalue weighted by atomic mass is 10.1. The molecule has 2 aromatic heterocycles. The summed E-state index contributed by atoms with van der Waals surface area (Å²) in [6.45, 7) is 3.77. The van der Waals surface area contributed by atoms with Crippen LogP contribution in [0.3, 0.4) is 0 Å². The number of hydrogen-bond acceptors (Lipinski definition) is 5. The zero-order valence-corrected chi connectivity index (χ0v) is 17.2. The molecule has 0 amide bonds. The summed E-state index contributed by atoms with van der Waals surface area (Å²) in [7, 11) is 0. The van der Waals surface area contributed by atoms with Crippen molar-refractivity contribution in [1.29, 1.82) is 0 Å². The van der Waals surface area contributed by atoms with Gasteiger partial charge in [-0.3, -0.25) is 5.10 Å². The Hall–Kier alpha value is -3.06. The number of rotatable bonds is 3. The number of halogens is 1. The third-order valence-electron chi connectivity index (χ3n) is 5.94. The molecule has 1 fully saturated rings. The molecule has 0 radical (unpaired) electrons. The van der Waals surface area contributed by atoms with E-state index in [0.717, 1.165) is 59.8 Å². The largest absolute Gasteiger partial charge is 0.491 e. The second-order valence-corrected chi connectivity index (χ2v) is 8.23. The van der Waals surface area contributed by atoms with Crippen LogP contribution in [0.2, 0.25) is 5.02 Å². The molecule has 2 aliphatic rings. The van der Waals surface area contributed by atoms with Crippen LogP contribution in [-0.4, -0.2) is 44.4 Å². The van der Waals surface area contributed by atoms with Gasteiger partial charge in [0.15, 0.2) is 5.82 Å². The molecule has 1 saturated heterocycles. The average Bonchev–Trinajstić information content (AvgIpc) is 3.49. The monoisotopic (exact) mass is 420 g/mol. The van der Waals surface area contributed by atoms with E-state index in [1.54, 1.807) is 0 Å². The van der Waals surface area contributed by atoms with Crippen molar-refractivity contribution < 1.29 is 4.74 Å². The summed E-state index contributed by atoms with van der Waals surface area (Å²) in [4.78, 5) is 11.7. The number of imidazole rings is 1. The number of nitrogens with zero attached hydrogens (tertiary/aromatic N) is 5. The number of aryl methyl sites for hydroxylation is 1. The lowest BCUT2D eigenvalue weighted by Gasteiger charge is -2.18. The maximum Gasteiger partial charge on any atom is 0.156 e. The molecule has 4 heterocycles. The van der Waals surface area contributed by atoms with E-state index in [-0.39, 0.29) is 0 Å². The molecule has 0 unspecified atom stereocenters. The minimum Gasteiger partial charge on any atom is -0.491 e. The van der Waals surface area contributed by atoms with Crippen molar-refractivity contribution in [3.8, 4) is 28.5 Å². The van der Waals surface area contributed by atoms with Crippen LogP contribution in [0.1, 0.15) is 19.3 Å². The van der Waals surface area contributed by atoms with Crippen molar-refractivity contribution in [2.45, 2.75) is 25.8 Å². The summed E-state index contributed by atoms with van der Waals surface area (Å²) in [5, 5.41) is 7.40. The Labute approximate surface area is 178 Å². The Kier molecular flexibility index (Phi) is 4.16. The SMILES string of the molecule is Clc1cc(-c2nc3cc(N4CCCC4)cc4c3n2CCCO4)ccc1-c1ncn[nH]1. The van der Waals surface area contributed by atoms with Gasteiger partial charge in [0.2, 0.25) is 0 Å². The highest BCUT2D eigenvalue weighted by Gasteiger charge is 2.23. The molecule has 0 aliphatic carbocycles. The minimum absolute atomic E-state index is 0.618. The summed E-state index contributed by atoms with van der Waals surface area (Å²) in [6, 6.07) is 10.3. The highest BCUT2D eigenvalue weighted by Crippen LogP contribution is 2.38. The molecule has 2 aromatic carbocycles. The first kappa shape index (κ1) is 17.8. The quantitative estimate of drug-likeness (QED) is 0.527. The summed E-state index contributed by atoms with van der Waals surface area (Å²) in [5.74, 6) is 2.50. The number of hydrogen-bond donors (Lipinski definition) is 1. The standard InChI is InChI=1S/C22H21ClN6O/c23-17-10-14(4-5-16(17)21-24-13-25-27-21)22-26-18-11-15(28-6-1-2-7-28)12-19-20(18)29(22)8-3-9-30-19/h4-5,10-13H,1-3,6-9H2,(H,24,25,27). The fourth-order valence-corrected chi connectivity index (χ4v) is 4.78. The van der Waals surface area contributed by atoms with E-state index in [2.05, 4.69) is 36.8 Å². The Morgan fingerprint density at radius 3 is 2.73 bits per heavy atom. The van der Waals surface area contributed by atoms with Crippen LogP contribution >= 0.6 is 11.6 Å². The Morgan fingerprint density at radius 1 is 1.03 bits per heavy atom. The predicted octanol–water partition coefficient (Wildman–Crippen LogP) is 4.52. The van der Waals surface area contributed by atoms with Gasteiger partial charge < -0.3 is 14.2 Å². The predicted molar refractivity (Wildman–Crippen MR) is 117 cm³/mol. The Balaban J connectivity index is 1.50. The summed E-state index contributed by atoms with van der Waals surface area (Å²) in [5.41, 5.74) is 5.05. The van der Waals surface area contributed by atoms with Crippen LogP contribution in [0.15, 0.2) is 36.7 Å². The molecule has 2 aliphatic heterocycles. The number of benzene rings is 2. The van der Waals surface area contributed by atoms with Crippen LogP contribution < -0.4 is 9.64 Å². The second kappa shape index (κ2) is 7.02. The van der Waals surface area contributed by atoms with Gasteiger partial charge in [0, 0.05) is 42.5 Å². The van der Waals surface area contributed by atoms with E-state index in [9.17, 15) is 0 Å². The molecule has 7 nitrogen and oxygen atoms in total. The van der Waals surface area contributed by atoms with Crippen molar-refractivity contribution in [3.63, 3.8) is 0 Å². The van der Waals surface area contributed by atoms with Gasteiger partial charge in [-0.05, 0) is 37.5 Å². The van der Waals surface area contributed by atoms with E-state index < -0.39 is 0 Å². The van der Waals surface area contributed by atoms with Gasteiger partial charge in [-0.1, -0.05) is 17.7 Å². The first-order valence-corrected chi connectivity index (χ1v) is 10.7. The van der Waals surface area contributed by atoms with E-state index in [0.29, 0.717) is 17.5 Å². The second-order valence-electron chi connectivity index (χ2n) is 7.82. The number of aromatic nitrogens is 5. The van der Waals surface area contributed by atoms with Crippen LogP contribution in [0.5, 0.6) is 5.75 Å². The van der Waals surface area contributed by atoms with Crippen LogP contribution in [0.25, 0.3) is 33.8 Å². The van der Waals surface area contributed by atoms with Gasteiger partial charge in [-0.15, -0.1) is 0 Å². The zero-order chi connectivity index (χ0) is 20.1. The Morgan fingerprint density at radius 2 is 1.93 bits per heavy atom. The van der Waals surface area contributed by atoms with Crippen molar-refractivity contribution in [2.75, 3.05) is 24.6 Å². The van der Waals surface area contributed by atoms with Gasteiger partial charge in [0.1, 0.15) is 23.4 Å². The van der Waals surface area contributed by atoms with E-state index in [1.807, 2.05) is 18.2 Å². The molecule has 8 heteroatoms. The fraction of sp³-hybridized carbons (Fsp3) is 0.318. The zero-order valence-electron chi connectivity index (χ0n) is 16.4. The molecule has 0 bridgehead atoms. The van der Waals surface area contributed by atoms with Crippen molar-refractivity contribution in [3.05, 3.63) is 41.7 Å². The van der Waals surface area contributed by atoms with Crippen LogP contribution in [0, 0.1) is 0 Å². The van der Waals surface area contributed by atoms with Gasteiger partial charge in [0.05, 0.1) is 17.1 Å². The van der Waals surface area contributed by atoms with Gasteiger partial charge >= 0.3 is 0 Å². The average molecular weight is 421 g/mol. The summed E-state index contributed by atoms with van der Waals surface area (Å²) in [6.07, 6.45) is 4.90. The summed E-state index contributed by atoms with van der Waals surface area (Å²) >= 11 is 6.60. The van der Waals surface area contributed by atoms with Gasteiger partial charge in [-0.2, -0.15) is 5.10 Å². The molecule has 0 saturated carbocycles. The molecular formula is C22H21ClN6O. The number of H-pyrrole nitrogens is 1. The smallest absolute Gasteiger partial charge is 0.156 e. The molecule has 1 N–H and O–H groups in total. The third-order valence-corrected chi connectivity index (χ3v) is 6.26. The third kappa shape index (κ3) is 2.84. The normalized spacial score (nSPS) is 16.1. The van der Waals surface area contributed by atoms with Crippen molar-refractivity contribution in [1.82, 2.24) is 24.7 Å². The topological polar surface area (TPSA) is 71.9 Å². The molecular weight excluding hydrogens is 400 g/mol. The van der Waals surface area contributed by atoms with Crippen LogP contribution in [-0.2, 0) is 6.54 Å². The lowest BCUT2D eigenvalue weighted by molar-refractivity contribution is 0.316. The number of anilines is 1. The number of ether oxygens (including phenoxy) is 1. The molecule has 0 spiro atoms. The molecule has 152 valence electrons. The summed E-state index contributed by atoms with van der Waals surface area (Å²) < 4.78 is 8.40. The molecule has 6 rings (SSSR count). The maximum atomic E-state index is 6.60. The minimum atomic E-state index is 0.618. The van der Waals surface area contributed by atoms with E-state index in [1.165, 1.54) is 24.9 Å². The lowest BCUT2D eigenvalue weighted by Crippen LogP contribution is -2.17. The highest BCUT2D eigenvalue weighted by molar-refractivity contribution is 6.33. The molecule has 30 heavy (non-hydrogen) atoms. The van der Waals surface area contributed by atoms with Crippen molar-refractivity contribution >= 4 is 28.3 Å². The first-order chi connectivity index (χ1) is 14.8. The molecule has 0 atom stereocenters. The van der Waals surface area contributed by atoms with Gasteiger partial charge in [0.25, 0.3) is 0 Å². The Bertz CT molecular complexity index is 1230. The number of nitrogens with one attached hydrogen (secondary N) is 1.